The van der Waals surface area contributed by atoms with Crippen LogP contribution in [-0.4, -0.2) is 16.7 Å². The van der Waals surface area contributed by atoms with Crippen LogP contribution >= 0.6 is 0 Å². The van der Waals surface area contributed by atoms with E-state index in [0.29, 0.717) is 6.04 Å². The summed E-state index contributed by atoms with van der Waals surface area (Å²) in [6.45, 7) is 6.22. The number of nitrogens with zero attached hydrogens (tertiary/aromatic N) is 3. The van der Waals surface area contributed by atoms with Gasteiger partial charge >= 0.3 is 0 Å². The molecule has 90 valence electrons. The highest BCUT2D eigenvalue weighted by Crippen LogP contribution is 2.12. The number of amides is 1. The fourth-order valence-electron chi connectivity index (χ4n) is 1.53. The number of aryl methyl sites for hydroxylation is 1. The van der Waals surface area contributed by atoms with Crippen molar-refractivity contribution in [2.24, 2.45) is 5.10 Å². The molecule has 0 saturated heterocycles. The zero-order valence-electron chi connectivity index (χ0n) is 10.3. The molecule has 1 aromatic rings. The Kier molecular flexibility index (Phi) is 4.46. The number of hydrogen-bond donors (Lipinski definition) is 1. The van der Waals surface area contributed by atoms with Crippen LogP contribution in [-0.2, 0) is 4.79 Å². The van der Waals surface area contributed by atoms with Crippen molar-refractivity contribution < 1.29 is 4.79 Å². The first-order valence-corrected chi connectivity index (χ1v) is 5.42. The fraction of sp³-hybridized carbons (Fsp3) is 0.417. The maximum absolute atomic E-state index is 11.0. The van der Waals surface area contributed by atoms with Crippen molar-refractivity contribution in [2.75, 3.05) is 0 Å². The monoisotopic (exact) mass is 232 g/mol. The van der Waals surface area contributed by atoms with E-state index in [1.165, 1.54) is 0 Å². The quantitative estimate of drug-likeness (QED) is 0.634. The summed E-state index contributed by atoms with van der Waals surface area (Å²) < 4.78 is 2.12. The van der Waals surface area contributed by atoms with Gasteiger partial charge in [0.15, 0.2) is 0 Å². The fourth-order valence-corrected chi connectivity index (χ4v) is 1.53. The summed E-state index contributed by atoms with van der Waals surface area (Å²) >= 11 is 0. The van der Waals surface area contributed by atoms with Gasteiger partial charge in [0.1, 0.15) is 6.42 Å². The SMILES string of the molecule is Cc1cc(/C=N\NC(=O)CC#N)cn1C(C)C. The van der Waals surface area contributed by atoms with E-state index in [4.69, 9.17) is 5.26 Å². The van der Waals surface area contributed by atoms with Crippen LogP contribution in [0.15, 0.2) is 17.4 Å². The Bertz CT molecular complexity index is 465. The average Bonchev–Trinajstić information content (AvgIpc) is 2.60. The molecule has 0 bridgehead atoms. The van der Waals surface area contributed by atoms with Crippen LogP contribution in [0.2, 0.25) is 0 Å². The third-order valence-corrected chi connectivity index (χ3v) is 2.27. The van der Waals surface area contributed by atoms with Gasteiger partial charge in [0.2, 0.25) is 0 Å². The summed E-state index contributed by atoms with van der Waals surface area (Å²) in [5, 5.41) is 12.1. The van der Waals surface area contributed by atoms with Crippen molar-refractivity contribution in [3.63, 3.8) is 0 Å². The molecular formula is C12H16N4O. The van der Waals surface area contributed by atoms with E-state index in [-0.39, 0.29) is 6.42 Å². The van der Waals surface area contributed by atoms with E-state index >= 15 is 0 Å². The topological polar surface area (TPSA) is 70.2 Å². The van der Waals surface area contributed by atoms with Gasteiger partial charge in [-0.05, 0) is 26.8 Å². The molecule has 1 N–H and O–H groups in total. The van der Waals surface area contributed by atoms with Crippen LogP contribution in [0, 0.1) is 18.3 Å². The van der Waals surface area contributed by atoms with Crippen molar-refractivity contribution in [2.45, 2.75) is 33.2 Å². The van der Waals surface area contributed by atoms with E-state index in [1.807, 2.05) is 19.2 Å². The van der Waals surface area contributed by atoms with E-state index in [1.54, 1.807) is 12.3 Å². The van der Waals surface area contributed by atoms with Gasteiger partial charge in [-0.25, -0.2) is 5.43 Å². The van der Waals surface area contributed by atoms with Gasteiger partial charge in [-0.15, -0.1) is 0 Å². The lowest BCUT2D eigenvalue weighted by Crippen LogP contribution is -2.16. The average molecular weight is 232 g/mol. The smallest absolute Gasteiger partial charge is 0.254 e. The van der Waals surface area contributed by atoms with E-state index in [0.717, 1.165) is 11.3 Å². The van der Waals surface area contributed by atoms with E-state index in [9.17, 15) is 4.79 Å². The molecule has 5 nitrogen and oxygen atoms in total. The first-order chi connectivity index (χ1) is 8.04. The zero-order valence-corrected chi connectivity index (χ0v) is 10.3. The van der Waals surface area contributed by atoms with Crippen LogP contribution in [0.3, 0.4) is 0 Å². The molecule has 1 heterocycles. The number of aromatic nitrogens is 1. The van der Waals surface area contributed by atoms with Crippen molar-refractivity contribution in [1.82, 2.24) is 9.99 Å². The Balaban J connectivity index is 2.64. The third kappa shape index (κ3) is 3.76. The number of rotatable bonds is 4. The van der Waals surface area contributed by atoms with Crippen LogP contribution in [0.4, 0.5) is 0 Å². The summed E-state index contributed by atoms with van der Waals surface area (Å²) in [6.07, 6.45) is 3.37. The normalized spacial score (nSPS) is 10.8. The number of carbonyl (C=O) groups excluding carboxylic acids is 1. The van der Waals surface area contributed by atoms with Gasteiger partial charge in [-0.3, -0.25) is 4.79 Å². The molecule has 1 rings (SSSR count). The first kappa shape index (κ1) is 13.0. The van der Waals surface area contributed by atoms with Crippen molar-refractivity contribution in [3.8, 4) is 6.07 Å². The molecule has 1 aromatic heterocycles. The molecular weight excluding hydrogens is 216 g/mol. The maximum Gasteiger partial charge on any atom is 0.254 e. The Morgan fingerprint density at radius 2 is 2.41 bits per heavy atom. The van der Waals surface area contributed by atoms with Gasteiger partial charge in [0, 0.05) is 23.5 Å². The minimum atomic E-state index is -0.399. The Labute approximate surface area is 101 Å². The third-order valence-electron chi connectivity index (χ3n) is 2.27. The van der Waals surface area contributed by atoms with Gasteiger partial charge in [-0.1, -0.05) is 0 Å². The molecule has 0 aliphatic heterocycles. The zero-order chi connectivity index (χ0) is 12.8. The standard InChI is InChI=1S/C12H16N4O/c1-9(2)16-8-11(6-10(16)3)7-14-15-12(17)4-5-13/h6-9H,4H2,1-3H3,(H,15,17)/b14-7-. The number of nitriles is 1. The number of hydrazone groups is 1. The summed E-state index contributed by atoms with van der Waals surface area (Å²) in [6, 6.07) is 4.13. The molecule has 1 amide bonds. The highest BCUT2D eigenvalue weighted by Gasteiger charge is 2.03. The molecule has 0 fully saturated rings. The highest BCUT2D eigenvalue weighted by molar-refractivity contribution is 5.83. The second kappa shape index (κ2) is 5.85. The summed E-state index contributed by atoms with van der Waals surface area (Å²) in [5.41, 5.74) is 4.36. The highest BCUT2D eigenvalue weighted by atomic mass is 16.2. The second-order valence-electron chi connectivity index (χ2n) is 4.04. The van der Waals surface area contributed by atoms with Crippen molar-refractivity contribution in [3.05, 3.63) is 23.5 Å². The second-order valence-corrected chi connectivity index (χ2v) is 4.04. The first-order valence-electron chi connectivity index (χ1n) is 5.42. The number of hydrogen-bond acceptors (Lipinski definition) is 3. The minimum Gasteiger partial charge on any atom is -0.349 e. The summed E-state index contributed by atoms with van der Waals surface area (Å²) in [7, 11) is 0. The van der Waals surface area contributed by atoms with Crippen molar-refractivity contribution >= 4 is 12.1 Å². The molecule has 0 spiro atoms. The molecule has 0 atom stereocenters. The molecule has 0 radical (unpaired) electrons. The number of carbonyl (C=O) groups is 1. The molecule has 0 aromatic carbocycles. The lowest BCUT2D eigenvalue weighted by molar-refractivity contribution is -0.120. The van der Waals surface area contributed by atoms with E-state index in [2.05, 4.69) is 28.9 Å². The predicted octanol–water partition coefficient (Wildman–Crippen LogP) is 1.74. The Morgan fingerprint density at radius 3 is 2.94 bits per heavy atom. The molecule has 0 unspecified atom stereocenters. The summed E-state index contributed by atoms with van der Waals surface area (Å²) in [4.78, 5) is 11.0. The van der Waals surface area contributed by atoms with Crippen LogP contribution in [0.1, 0.15) is 37.6 Å². The Morgan fingerprint density at radius 1 is 1.71 bits per heavy atom. The largest absolute Gasteiger partial charge is 0.349 e. The van der Waals surface area contributed by atoms with Gasteiger partial charge in [0.25, 0.3) is 5.91 Å². The summed E-state index contributed by atoms with van der Waals surface area (Å²) in [5.74, 6) is -0.399. The van der Waals surface area contributed by atoms with Crippen LogP contribution in [0.25, 0.3) is 0 Å². The molecule has 0 aliphatic carbocycles. The van der Waals surface area contributed by atoms with Gasteiger partial charge in [0.05, 0.1) is 12.3 Å². The van der Waals surface area contributed by atoms with Gasteiger partial charge < -0.3 is 4.57 Å². The molecule has 17 heavy (non-hydrogen) atoms. The lowest BCUT2D eigenvalue weighted by atomic mass is 10.3. The Hall–Kier alpha value is -2.09. The van der Waals surface area contributed by atoms with Crippen LogP contribution < -0.4 is 5.43 Å². The predicted molar refractivity (Wildman–Crippen MR) is 65.5 cm³/mol. The van der Waals surface area contributed by atoms with Crippen LogP contribution in [0.5, 0.6) is 0 Å². The molecule has 0 aliphatic rings. The lowest BCUT2D eigenvalue weighted by Gasteiger charge is -2.08. The number of nitrogens with one attached hydrogen (secondary N) is 1. The molecule has 5 heteroatoms. The molecule has 0 saturated carbocycles. The van der Waals surface area contributed by atoms with E-state index < -0.39 is 5.91 Å². The van der Waals surface area contributed by atoms with Crippen molar-refractivity contribution in [1.29, 1.82) is 5.26 Å². The minimum absolute atomic E-state index is 0.177. The maximum atomic E-state index is 11.0. The van der Waals surface area contributed by atoms with Gasteiger partial charge in [-0.2, -0.15) is 10.4 Å².